The number of halogens is 1. The fourth-order valence-electron chi connectivity index (χ4n) is 1.47. The third-order valence-electron chi connectivity index (χ3n) is 2.39. The van der Waals surface area contributed by atoms with E-state index in [0.29, 0.717) is 4.47 Å². The summed E-state index contributed by atoms with van der Waals surface area (Å²) < 4.78 is 31.6. The molecule has 0 aromatic heterocycles. The van der Waals surface area contributed by atoms with Crippen molar-refractivity contribution >= 4 is 37.9 Å². The normalized spacial score (nSPS) is 12.7. The van der Waals surface area contributed by atoms with Crippen LogP contribution in [-0.2, 0) is 19.6 Å². The Kier molecular flexibility index (Phi) is 5.70. The molecule has 1 atom stereocenters. The summed E-state index contributed by atoms with van der Waals surface area (Å²) in [5.41, 5.74) is 0. The van der Waals surface area contributed by atoms with Gasteiger partial charge in [0.1, 0.15) is 16.7 Å². The van der Waals surface area contributed by atoms with Crippen molar-refractivity contribution in [2.45, 2.75) is 17.4 Å². The third-order valence-corrected chi connectivity index (χ3v) is 4.38. The highest BCUT2D eigenvalue weighted by atomic mass is 79.9. The number of hydrogen-bond donors (Lipinski definition) is 3. The molecule has 0 heterocycles. The van der Waals surface area contributed by atoms with Crippen molar-refractivity contribution < 1.29 is 33.0 Å². The Bertz CT molecular complexity index is 659. The van der Waals surface area contributed by atoms with E-state index >= 15 is 0 Å². The summed E-state index contributed by atoms with van der Waals surface area (Å²) in [6.45, 7) is 0. The molecule has 1 aromatic rings. The second kappa shape index (κ2) is 6.87. The number of nitrogens with one attached hydrogen (secondary N) is 1. The largest absolute Gasteiger partial charge is 0.495 e. The van der Waals surface area contributed by atoms with Crippen molar-refractivity contribution in [3.8, 4) is 5.75 Å². The lowest BCUT2D eigenvalue weighted by Crippen LogP contribution is -2.42. The van der Waals surface area contributed by atoms with Gasteiger partial charge < -0.3 is 14.9 Å². The summed E-state index contributed by atoms with van der Waals surface area (Å²) in [7, 11) is -3.01. The Hall–Kier alpha value is -1.65. The minimum absolute atomic E-state index is 0.00478. The molecule has 21 heavy (non-hydrogen) atoms. The second-order valence-electron chi connectivity index (χ2n) is 3.91. The highest BCUT2D eigenvalue weighted by Crippen LogP contribution is 2.27. The van der Waals surface area contributed by atoms with Gasteiger partial charge in [0.2, 0.25) is 10.0 Å². The summed E-state index contributed by atoms with van der Waals surface area (Å²) in [6, 6.07) is 2.37. The van der Waals surface area contributed by atoms with E-state index < -0.39 is 34.4 Å². The topological polar surface area (TPSA) is 130 Å². The SMILES string of the molecule is COc1ccc(Br)cc1S(=O)(=O)N[C@H](CC(=O)O)C(=O)O. The highest BCUT2D eigenvalue weighted by molar-refractivity contribution is 9.10. The first-order chi connectivity index (χ1) is 9.67. The number of carbonyl (C=O) groups is 2. The van der Waals surface area contributed by atoms with Gasteiger partial charge in [-0.2, -0.15) is 4.72 Å². The Morgan fingerprint density at radius 2 is 2.00 bits per heavy atom. The first-order valence-corrected chi connectivity index (χ1v) is 7.75. The van der Waals surface area contributed by atoms with E-state index in [0.717, 1.165) is 0 Å². The van der Waals surface area contributed by atoms with Crippen molar-refractivity contribution in [2.75, 3.05) is 7.11 Å². The van der Waals surface area contributed by atoms with E-state index in [2.05, 4.69) is 15.9 Å². The molecule has 10 heteroatoms. The van der Waals surface area contributed by atoms with E-state index in [1.54, 1.807) is 6.07 Å². The average Bonchev–Trinajstić information content (AvgIpc) is 2.37. The van der Waals surface area contributed by atoms with Gasteiger partial charge in [-0.1, -0.05) is 15.9 Å². The van der Waals surface area contributed by atoms with E-state index in [1.807, 2.05) is 4.72 Å². The number of methoxy groups -OCH3 is 1. The van der Waals surface area contributed by atoms with Crippen LogP contribution in [0.25, 0.3) is 0 Å². The van der Waals surface area contributed by atoms with Gasteiger partial charge >= 0.3 is 11.9 Å². The van der Waals surface area contributed by atoms with Crippen molar-refractivity contribution in [2.24, 2.45) is 0 Å². The second-order valence-corrected chi connectivity index (χ2v) is 6.50. The molecule has 0 saturated carbocycles. The number of carboxylic acids is 2. The quantitative estimate of drug-likeness (QED) is 0.632. The molecule has 0 radical (unpaired) electrons. The number of hydrogen-bond acceptors (Lipinski definition) is 5. The van der Waals surface area contributed by atoms with Crippen LogP contribution in [0.15, 0.2) is 27.6 Å². The molecule has 0 spiro atoms. The molecule has 0 aliphatic heterocycles. The summed E-state index contributed by atoms with van der Waals surface area (Å²) in [6.07, 6.45) is -0.884. The molecular formula is C11H12BrNO7S. The molecule has 1 aromatic carbocycles. The number of benzene rings is 1. The van der Waals surface area contributed by atoms with Crippen LogP contribution in [0, 0.1) is 0 Å². The summed E-state index contributed by atoms with van der Waals surface area (Å²) in [4.78, 5) is 21.2. The van der Waals surface area contributed by atoms with Gasteiger partial charge in [0, 0.05) is 4.47 Å². The summed E-state index contributed by atoms with van der Waals surface area (Å²) in [5.74, 6) is -3.02. The number of sulfonamides is 1. The summed E-state index contributed by atoms with van der Waals surface area (Å²) in [5, 5.41) is 17.5. The van der Waals surface area contributed by atoms with Crippen LogP contribution in [0.3, 0.4) is 0 Å². The lowest BCUT2D eigenvalue weighted by Gasteiger charge is -2.15. The van der Waals surface area contributed by atoms with E-state index in [-0.39, 0.29) is 10.6 Å². The first-order valence-electron chi connectivity index (χ1n) is 5.48. The van der Waals surface area contributed by atoms with Crippen LogP contribution in [-0.4, -0.2) is 43.7 Å². The number of carboxylic acid groups (broad SMARTS) is 2. The maximum atomic E-state index is 12.2. The lowest BCUT2D eigenvalue weighted by molar-refractivity contribution is -0.145. The van der Waals surface area contributed by atoms with Gasteiger partial charge in [-0.25, -0.2) is 8.42 Å². The Labute approximate surface area is 128 Å². The minimum Gasteiger partial charge on any atom is -0.495 e. The Morgan fingerprint density at radius 1 is 1.38 bits per heavy atom. The van der Waals surface area contributed by atoms with Gasteiger partial charge in [-0.05, 0) is 18.2 Å². The predicted molar refractivity (Wildman–Crippen MR) is 74.7 cm³/mol. The van der Waals surface area contributed by atoms with Gasteiger partial charge in [0.25, 0.3) is 0 Å². The van der Waals surface area contributed by atoms with Crippen LogP contribution in [0.1, 0.15) is 6.42 Å². The van der Waals surface area contributed by atoms with Crippen LogP contribution in [0.2, 0.25) is 0 Å². The van der Waals surface area contributed by atoms with Crippen LogP contribution < -0.4 is 9.46 Å². The van der Waals surface area contributed by atoms with Crippen molar-refractivity contribution in [3.05, 3.63) is 22.7 Å². The molecule has 0 amide bonds. The molecular weight excluding hydrogens is 370 g/mol. The molecule has 116 valence electrons. The molecule has 0 fully saturated rings. The van der Waals surface area contributed by atoms with Crippen LogP contribution in [0.5, 0.6) is 5.75 Å². The number of rotatable bonds is 7. The molecule has 0 bridgehead atoms. The fourth-order valence-corrected chi connectivity index (χ4v) is 3.36. The smallest absolute Gasteiger partial charge is 0.322 e. The standard InChI is InChI=1S/C11H12BrNO7S/c1-20-8-3-2-6(12)4-9(8)21(18,19)13-7(11(16)17)5-10(14)15/h2-4,7,13H,5H2,1H3,(H,14,15)(H,16,17)/t7-/m1/s1. The molecule has 0 unspecified atom stereocenters. The van der Waals surface area contributed by atoms with Crippen molar-refractivity contribution in [3.63, 3.8) is 0 Å². The monoisotopic (exact) mass is 381 g/mol. The molecule has 1 rings (SSSR count). The third kappa shape index (κ3) is 4.69. The van der Waals surface area contributed by atoms with Gasteiger partial charge in [-0.15, -0.1) is 0 Å². The molecule has 0 saturated heterocycles. The zero-order valence-corrected chi connectivity index (χ0v) is 13.1. The van der Waals surface area contributed by atoms with Gasteiger partial charge in [0.05, 0.1) is 13.5 Å². The van der Waals surface area contributed by atoms with E-state index in [1.165, 1.54) is 19.2 Å². The van der Waals surface area contributed by atoms with Crippen molar-refractivity contribution in [1.82, 2.24) is 4.72 Å². The minimum atomic E-state index is -4.26. The van der Waals surface area contributed by atoms with E-state index in [4.69, 9.17) is 14.9 Å². The maximum Gasteiger partial charge on any atom is 0.322 e. The lowest BCUT2D eigenvalue weighted by atomic mass is 10.2. The molecule has 0 aliphatic rings. The maximum absolute atomic E-state index is 12.2. The van der Waals surface area contributed by atoms with Gasteiger partial charge in [0.15, 0.2) is 0 Å². The Balaban J connectivity index is 3.18. The number of aliphatic carboxylic acids is 2. The first kappa shape index (κ1) is 17.4. The van der Waals surface area contributed by atoms with Crippen LogP contribution >= 0.6 is 15.9 Å². The zero-order valence-electron chi connectivity index (χ0n) is 10.7. The average molecular weight is 382 g/mol. The van der Waals surface area contributed by atoms with Gasteiger partial charge in [-0.3, -0.25) is 9.59 Å². The Morgan fingerprint density at radius 3 is 2.48 bits per heavy atom. The number of ether oxygens (including phenoxy) is 1. The molecule has 3 N–H and O–H groups in total. The van der Waals surface area contributed by atoms with Crippen LogP contribution in [0.4, 0.5) is 0 Å². The predicted octanol–water partition coefficient (Wildman–Crippen LogP) is 0.664. The molecule has 8 nitrogen and oxygen atoms in total. The highest BCUT2D eigenvalue weighted by Gasteiger charge is 2.29. The van der Waals surface area contributed by atoms with Crippen molar-refractivity contribution in [1.29, 1.82) is 0 Å². The molecule has 0 aliphatic carbocycles. The fraction of sp³-hybridized carbons (Fsp3) is 0.273. The zero-order chi connectivity index (χ0) is 16.2. The van der Waals surface area contributed by atoms with E-state index in [9.17, 15) is 18.0 Å². The summed E-state index contributed by atoms with van der Waals surface area (Å²) >= 11 is 3.10.